The summed E-state index contributed by atoms with van der Waals surface area (Å²) in [6.45, 7) is 1.28. The van der Waals surface area contributed by atoms with Crippen LogP contribution < -0.4 is 0 Å². The summed E-state index contributed by atoms with van der Waals surface area (Å²) in [4.78, 5) is 24.6. The average molecular weight is 361 g/mol. The normalized spacial score (nSPS) is 22.0. The summed E-state index contributed by atoms with van der Waals surface area (Å²) < 4.78 is 51.8. The molecule has 0 bridgehead atoms. The molecule has 1 aromatic carbocycles. The number of carbonyl (C=O) groups is 2. The Balaban J connectivity index is 2.05. The molecule has 1 aromatic rings. The zero-order valence-electron chi connectivity index (χ0n) is 13.6. The highest BCUT2D eigenvalue weighted by molar-refractivity contribution is 5.83. The number of carboxylic acid groups (broad SMARTS) is 1. The highest BCUT2D eigenvalue weighted by atomic mass is 19.4. The van der Waals surface area contributed by atoms with Crippen molar-refractivity contribution in [3.63, 3.8) is 0 Å². The fraction of sp³-hybridized carbons (Fsp3) is 0.529. The molecule has 1 heterocycles. The van der Waals surface area contributed by atoms with Crippen LogP contribution in [0.2, 0.25) is 0 Å². The minimum Gasteiger partial charge on any atom is -0.479 e. The van der Waals surface area contributed by atoms with E-state index in [1.807, 2.05) is 0 Å². The third kappa shape index (κ3) is 4.29. The molecule has 8 heteroatoms. The summed E-state index contributed by atoms with van der Waals surface area (Å²) in [5.41, 5.74) is -2.63. The second-order valence-corrected chi connectivity index (χ2v) is 6.28. The van der Waals surface area contributed by atoms with Gasteiger partial charge in [-0.2, -0.15) is 13.2 Å². The number of halogens is 4. The smallest absolute Gasteiger partial charge is 0.416 e. The molecule has 2 atom stereocenters. The maximum atomic E-state index is 14.1. The number of alkyl halides is 4. The number of carboxylic acids is 1. The first-order valence-electron chi connectivity index (χ1n) is 7.94. The van der Waals surface area contributed by atoms with Gasteiger partial charge in [-0.1, -0.05) is 19.1 Å². The molecule has 2 unspecified atom stereocenters. The molecule has 0 aliphatic carbocycles. The number of carbonyl (C=O) groups excluding carboxylic acids is 1. The van der Waals surface area contributed by atoms with Crippen molar-refractivity contribution in [2.75, 3.05) is 13.1 Å². The van der Waals surface area contributed by atoms with Gasteiger partial charge in [0.15, 0.2) is 0 Å². The molecule has 0 saturated carbocycles. The molecule has 1 saturated heterocycles. The molecular formula is C17H19F4NO3. The molecular weight excluding hydrogens is 342 g/mol. The molecule has 1 amide bonds. The van der Waals surface area contributed by atoms with Gasteiger partial charge in [-0.05, 0) is 30.5 Å². The largest absolute Gasteiger partial charge is 0.479 e. The first-order valence-corrected chi connectivity index (χ1v) is 7.94. The molecule has 1 fully saturated rings. The Morgan fingerprint density at radius 3 is 2.32 bits per heavy atom. The minimum atomic E-state index is -4.42. The van der Waals surface area contributed by atoms with Gasteiger partial charge < -0.3 is 10.0 Å². The third-order valence-corrected chi connectivity index (χ3v) is 4.52. The summed E-state index contributed by atoms with van der Waals surface area (Å²) in [5, 5.41) is 8.89. The molecule has 4 nitrogen and oxygen atoms in total. The van der Waals surface area contributed by atoms with Crippen LogP contribution in [-0.2, 0) is 22.2 Å². The van der Waals surface area contributed by atoms with Crippen molar-refractivity contribution in [3.8, 4) is 0 Å². The van der Waals surface area contributed by atoms with E-state index < -0.39 is 35.8 Å². The van der Waals surface area contributed by atoms with Gasteiger partial charge in [0.1, 0.15) is 0 Å². The van der Waals surface area contributed by atoms with Crippen LogP contribution in [0, 0.1) is 5.92 Å². The fourth-order valence-corrected chi connectivity index (χ4v) is 2.91. The molecule has 0 radical (unpaired) electrons. The van der Waals surface area contributed by atoms with E-state index in [2.05, 4.69) is 0 Å². The molecule has 0 aromatic heterocycles. The van der Waals surface area contributed by atoms with Crippen molar-refractivity contribution >= 4 is 11.9 Å². The number of rotatable bonds is 5. The van der Waals surface area contributed by atoms with E-state index in [1.165, 1.54) is 17.0 Å². The van der Waals surface area contributed by atoms with Crippen molar-refractivity contribution in [2.24, 2.45) is 5.92 Å². The van der Waals surface area contributed by atoms with Gasteiger partial charge in [-0.25, -0.2) is 9.18 Å². The van der Waals surface area contributed by atoms with Crippen LogP contribution in [0.25, 0.3) is 0 Å². The van der Waals surface area contributed by atoms with Crippen LogP contribution in [0.3, 0.4) is 0 Å². The van der Waals surface area contributed by atoms with E-state index in [0.29, 0.717) is 12.0 Å². The van der Waals surface area contributed by atoms with E-state index in [4.69, 9.17) is 5.11 Å². The average Bonchev–Trinajstić information content (AvgIpc) is 2.95. The van der Waals surface area contributed by atoms with Crippen molar-refractivity contribution in [1.82, 2.24) is 4.90 Å². The van der Waals surface area contributed by atoms with E-state index in [9.17, 15) is 27.2 Å². The zero-order valence-corrected chi connectivity index (χ0v) is 13.6. The number of hydrogen-bond donors (Lipinski definition) is 1. The van der Waals surface area contributed by atoms with E-state index in [0.717, 1.165) is 12.1 Å². The number of aliphatic carboxylic acids is 1. The van der Waals surface area contributed by atoms with Crippen LogP contribution >= 0.6 is 0 Å². The molecule has 1 aliphatic heterocycles. The van der Waals surface area contributed by atoms with Crippen LogP contribution in [0.15, 0.2) is 24.3 Å². The molecule has 138 valence electrons. The molecule has 1 N–H and O–H groups in total. The first-order chi connectivity index (χ1) is 11.6. The topological polar surface area (TPSA) is 57.6 Å². The predicted octanol–water partition coefficient (Wildman–Crippen LogP) is 3.30. The number of amides is 1. The first kappa shape index (κ1) is 19.2. The van der Waals surface area contributed by atoms with Crippen molar-refractivity contribution in [2.45, 2.75) is 38.0 Å². The van der Waals surface area contributed by atoms with Crippen molar-refractivity contribution < 1.29 is 32.3 Å². The standard InChI is InChI=1S/C17H19F4NO3/c1-2-12(9-11-3-5-13(6-4-11)17(19,20)21)14(23)22-8-7-16(18,10-22)15(24)25/h3-6,12H,2,7-10H2,1H3,(H,24,25). The van der Waals surface area contributed by atoms with Crippen LogP contribution in [0.5, 0.6) is 0 Å². The summed E-state index contributed by atoms with van der Waals surface area (Å²) in [5.74, 6) is -2.49. The van der Waals surface area contributed by atoms with Gasteiger partial charge in [0.25, 0.3) is 0 Å². The summed E-state index contributed by atoms with van der Waals surface area (Å²) in [7, 11) is 0. The lowest BCUT2D eigenvalue weighted by Crippen LogP contribution is -2.41. The number of benzene rings is 1. The molecule has 0 spiro atoms. The SMILES string of the molecule is CCC(Cc1ccc(C(F)(F)F)cc1)C(=O)N1CCC(F)(C(=O)O)C1. The monoisotopic (exact) mass is 361 g/mol. The molecule has 2 rings (SSSR count). The lowest BCUT2D eigenvalue weighted by atomic mass is 9.95. The second kappa shape index (κ2) is 7.01. The molecule has 1 aliphatic rings. The predicted molar refractivity (Wildman–Crippen MR) is 81.6 cm³/mol. The van der Waals surface area contributed by atoms with E-state index >= 15 is 0 Å². The van der Waals surface area contributed by atoms with E-state index in [-0.39, 0.29) is 25.3 Å². The fourth-order valence-electron chi connectivity index (χ4n) is 2.91. The van der Waals surface area contributed by atoms with Crippen LogP contribution in [-0.4, -0.2) is 40.6 Å². The Labute approximate surface area is 142 Å². The van der Waals surface area contributed by atoms with Crippen LogP contribution in [0.1, 0.15) is 30.9 Å². The highest BCUT2D eigenvalue weighted by Gasteiger charge is 2.47. The number of hydrogen-bond acceptors (Lipinski definition) is 2. The number of likely N-dealkylation sites (tertiary alicyclic amines) is 1. The van der Waals surface area contributed by atoms with Gasteiger partial charge in [0, 0.05) is 18.9 Å². The number of nitrogens with zero attached hydrogens (tertiary/aromatic N) is 1. The summed E-state index contributed by atoms with van der Waals surface area (Å²) in [6.07, 6.45) is -4.04. The van der Waals surface area contributed by atoms with Crippen molar-refractivity contribution in [3.05, 3.63) is 35.4 Å². The Kier molecular flexibility index (Phi) is 5.39. The Bertz CT molecular complexity index is 644. The summed E-state index contributed by atoms with van der Waals surface area (Å²) >= 11 is 0. The Morgan fingerprint density at radius 1 is 1.28 bits per heavy atom. The van der Waals surface area contributed by atoms with Gasteiger partial charge in [-0.15, -0.1) is 0 Å². The van der Waals surface area contributed by atoms with Gasteiger partial charge >= 0.3 is 12.1 Å². The lowest BCUT2D eigenvalue weighted by Gasteiger charge is -2.23. The Morgan fingerprint density at radius 2 is 1.88 bits per heavy atom. The van der Waals surface area contributed by atoms with Gasteiger partial charge in [-0.3, -0.25) is 4.79 Å². The van der Waals surface area contributed by atoms with E-state index in [1.54, 1.807) is 6.92 Å². The van der Waals surface area contributed by atoms with Crippen molar-refractivity contribution in [1.29, 1.82) is 0 Å². The minimum absolute atomic E-state index is 0.0190. The maximum absolute atomic E-state index is 14.1. The second-order valence-electron chi connectivity index (χ2n) is 6.28. The third-order valence-electron chi connectivity index (χ3n) is 4.52. The maximum Gasteiger partial charge on any atom is 0.416 e. The van der Waals surface area contributed by atoms with Gasteiger partial charge in [0.2, 0.25) is 11.6 Å². The molecule has 25 heavy (non-hydrogen) atoms. The van der Waals surface area contributed by atoms with Crippen LogP contribution in [0.4, 0.5) is 17.6 Å². The highest BCUT2D eigenvalue weighted by Crippen LogP contribution is 2.30. The lowest BCUT2D eigenvalue weighted by molar-refractivity contribution is -0.150. The Hall–Kier alpha value is -2.12. The summed E-state index contributed by atoms with van der Waals surface area (Å²) in [6, 6.07) is 4.55. The zero-order chi connectivity index (χ0) is 18.8. The van der Waals surface area contributed by atoms with Gasteiger partial charge in [0.05, 0.1) is 12.1 Å². The quantitative estimate of drug-likeness (QED) is 0.819.